The van der Waals surface area contributed by atoms with Crippen LogP contribution in [0.3, 0.4) is 0 Å². The summed E-state index contributed by atoms with van der Waals surface area (Å²) in [5.74, 6) is 0. The van der Waals surface area contributed by atoms with Crippen molar-refractivity contribution in [3.05, 3.63) is 12.3 Å². The minimum Gasteiger partial charge on any atom is -0.274 e. The predicted molar refractivity (Wildman–Crippen MR) is 42.2 cm³/mol. The molecule has 1 aromatic rings. The minimum absolute atomic E-state index is 0.578. The summed E-state index contributed by atoms with van der Waals surface area (Å²) in [6.07, 6.45) is 8.51. The third-order valence-corrected chi connectivity index (χ3v) is 2.68. The van der Waals surface area contributed by atoms with Gasteiger partial charge < -0.3 is 0 Å². The molecule has 1 N–H and O–H groups in total. The summed E-state index contributed by atoms with van der Waals surface area (Å²) in [7, 11) is -0.578. The lowest BCUT2D eigenvalue weighted by Crippen LogP contribution is -1.92. The zero-order valence-corrected chi connectivity index (χ0v) is 6.83. The SMILES string of the molecule is CS(C)(C)c1ccn[nH]1. The predicted octanol–water partition coefficient (Wildman–Crippen LogP) is 1.46. The van der Waals surface area contributed by atoms with Crippen LogP contribution in [0.2, 0.25) is 0 Å². The van der Waals surface area contributed by atoms with Crippen molar-refractivity contribution in [3.8, 4) is 0 Å². The molecule has 0 saturated heterocycles. The van der Waals surface area contributed by atoms with Gasteiger partial charge >= 0.3 is 0 Å². The van der Waals surface area contributed by atoms with E-state index in [0.717, 1.165) is 0 Å². The number of H-pyrrole nitrogens is 1. The fourth-order valence-electron chi connectivity index (χ4n) is 0.584. The average Bonchev–Trinajstić information content (AvgIpc) is 2.08. The van der Waals surface area contributed by atoms with Crippen molar-refractivity contribution in [2.75, 3.05) is 18.8 Å². The first kappa shape index (κ1) is 6.68. The zero-order chi connectivity index (χ0) is 6.91. The first-order valence-corrected chi connectivity index (χ1v) is 5.64. The van der Waals surface area contributed by atoms with Crippen LogP contribution >= 0.6 is 10.0 Å². The summed E-state index contributed by atoms with van der Waals surface area (Å²) in [6.45, 7) is 0. The Morgan fingerprint density at radius 2 is 2.11 bits per heavy atom. The van der Waals surface area contributed by atoms with Gasteiger partial charge in [0.15, 0.2) is 0 Å². The highest BCUT2D eigenvalue weighted by Gasteiger charge is 2.07. The summed E-state index contributed by atoms with van der Waals surface area (Å²) < 4.78 is 0. The Morgan fingerprint density at radius 1 is 1.44 bits per heavy atom. The van der Waals surface area contributed by atoms with E-state index in [1.165, 1.54) is 5.03 Å². The highest BCUT2D eigenvalue weighted by atomic mass is 32.3. The van der Waals surface area contributed by atoms with Crippen molar-refractivity contribution >= 4 is 10.0 Å². The maximum Gasteiger partial charge on any atom is 0.0730 e. The summed E-state index contributed by atoms with van der Waals surface area (Å²) >= 11 is 0. The van der Waals surface area contributed by atoms with Crippen molar-refractivity contribution in [1.29, 1.82) is 0 Å². The Bertz CT molecular complexity index is 173. The summed E-state index contributed by atoms with van der Waals surface area (Å²) in [4.78, 5) is 0. The van der Waals surface area contributed by atoms with E-state index in [1.807, 2.05) is 6.07 Å². The number of rotatable bonds is 1. The largest absolute Gasteiger partial charge is 0.274 e. The number of nitrogens with zero attached hydrogens (tertiary/aromatic N) is 1. The van der Waals surface area contributed by atoms with E-state index >= 15 is 0 Å². The van der Waals surface area contributed by atoms with Crippen LogP contribution in [-0.4, -0.2) is 29.0 Å². The van der Waals surface area contributed by atoms with Crippen molar-refractivity contribution in [3.63, 3.8) is 0 Å². The quantitative estimate of drug-likeness (QED) is 0.635. The number of hydrogen-bond donors (Lipinski definition) is 1. The molecule has 0 aromatic carbocycles. The lowest BCUT2D eigenvalue weighted by Gasteiger charge is -2.22. The Labute approximate surface area is 57.0 Å². The molecule has 1 rings (SSSR count). The van der Waals surface area contributed by atoms with Gasteiger partial charge in [-0.3, -0.25) is 5.10 Å². The molecule has 0 fully saturated rings. The van der Waals surface area contributed by atoms with Crippen molar-refractivity contribution in [1.82, 2.24) is 10.2 Å². The second kappa shape index (κ2) is 2.06. The molecular formula is C6H12N2S. The number of aromatic amines is 1. The molecule has 0 aliphatic carbocycles. The van der Waals surface area contributed by atoms with Crippen LogP contribution < -0.4 is 0 Å². The van der Waals surface area contributed by atoms with Gasteiger partial charge in [0.25, 0.3) is 0 Å². The maximum absolute atomic E-state index is 3.88. The second-order valence-corrected chi connectivity index (χ2v) is 6.87. The van der Waals surface area contributed by atoms with Crippen LogP contribution in [-0.2, 0) is 0 Å². The summed E-state index contributed by atoms with van der Waals surface area (Å²) in [5, 5.41) is 8.11. The lowest BCUT2D eigenvalue weighted by molar-refractivity contribution is 0.999. The van der Waals surface area contributed by atoms with E-state index < -0.39 is 10.0 Å². The van der Waals surface area contributed by atoms with Crippen LogP contribution in [0, 0.1) is 0 Å². The Morgan fingerprint density at radius 3 is 2.33 bits per heavy atom. The highest BCUT2D eigenvalue weighted by Crippen LogP contribution is 2.42. The van der Waals surface area contributed by atoms with Gasteiger partial charge in [0.2, 0.25) is 0 Å². The Kier molecular flexibility index (Phi) is 1.53. The van der Waals surface area contributed by atoms with Gasteiger partial charge in [-0.2, -0.15) is 5.10 Å². The number of nitrogens with one attached hydrogen (secondary N) is 1. The smallest absolute Gasteiger partial charge is 0.0730 e. The molecule has 3 heteroatoms. The molecule has 0 atom stereocenters. The minimum atomic E-state index is -0.578. The molecule has 0 unspecified atom stereocenters. The Hall–Kier alpha value is -0.440. The van der Waals surface area contributed by atoms with Crippen LogP contribution in [0.15, 0.2) is 17.3 Å². The first-order valence-electron chi connectivity index (χ1n) is 2.78. The molecule has 0 aliphatic heterocycles. The first-order chi connectivity index (χ1) is 4.11. The van der Waals surface area contributed by atoms with Crippen LogP contribution in [0.25, 0.3) is 0 Å². The van der Waals surface area contributed by atoms with E-state index in [4.69, 9.17) is 0 Å². The average molecular weight is 144 g/mol. The topological polar surface area (TPSA) is 28.7 Å². The molecule has 0 amide bonds. The number of aromatic nitrogens is 2. The fourth-order valence-corrected chi connectivity index (χ4v) is 1.38. The number of hydrogen-bond acceptors (Lipinski definition) is 1. The van der Waals surface area contributed by atoms with E-state index in [9.17, 15) is 0 Å². The standard InChI is InChI=1S/C6H12N2S/c1-9(2,3)6-4-5-7-8-6/h4-5H,1-3H3,(H,7,8). The van der Waals surface area contributed by atoms with Crippen molar-refractivity contribution in [2.45, 2.75) is 5.03 Å². The van der Waals surface area contributed by atoms with Crippen LogP contribution in [0.4, 0.5) is 0 Å². The van der Waals surface area contributed by atoms with Crippen LogP contribution in [0.1, 0.15) is 0 Å². The highest BCUT2D eigenvalue weighted by molar-refractivity contribution is 8.32. The molecule has 0 saturated carbocycles. The maximum atomic E-state index is 3.88. The van der Waals surface area contributed by atoms with E-state index in [-0.39, 0.29) is 0 Å². The normalized spacial score (nSPS) is 13.7. The molecule has 9 heavy (non-hydrogen) atoms. The zero-order valence-electron chi connectivity index (χ0n) is 6.01. The van der Waals surface area contributed by atoms with Gasteiger partial charge in [0.1, 0.15) is 0 Å². The van der Waals surface area contributed by atoms with Gasteiger partial charge in [-0.1, -0.05) is 0 Å². The molecular weight excluding hydrogens is 132 g/mol. The summed E-state index contributed by atoms with van der Waals surface area (Å²) in [5.41, 5.74) is 0. The summed E-state index contributed by atoms with van der Waals surface area (Å²) in [6, 6.07) is 2.04. The van der Waals surface area contributed by atoms with Crippen LogP contribution in [0.5, 0.6) is 0 Å². The van der Waals surface area contributed by atoms with Gasteiger partial charge in [-0.05, 0) is 24.8 Å². The van der Waals surface area contributed by atoms with Gasteiger partial charge in [0, 0.05) is 6.20 Å². The molecule has 0 bridgehead atoms. The molecule has 0 aliphatic rings. The van der Waals surface area contributed by atoms with Crippen molar-refractivity contribution in [2.24, 2.45) is 0 Å². The van der Waals surface area contributed by atoms with E-state index in [2.05, 4.69) is 29.0 Å². The fraction of sp³-hybridized carbons (Fsp3) is 0.500. The third-order valence-electron chi connectivity index (χ3n) is 1.13. The third kappa shape index (κ3) is 1.48. The van der Waals surface area contributed by atoms with Crippen molar-refractivity contribution < 1.29 is 0 Å². The molecule has 52 valence electrons. The monoisotopic (exact) mass is 144 g/mol. The molecule has 1 heterocycles. The molecule has 0 spiro atoms. The molecule has 1 aromatic heterocycles. The Balaban J connectivity index is 2.90. The molecule has 0 radical (unpaired) electrons. The van der Waals surface area contributed by atoms with E-state index in [1.54, 1.807) is 6.20 Å². The van der Waals surface area contributed by atoms with Gasteiger partial charge in [-0.25, -0.2) is 10.0 Å². The lowest BCUT2D eigenvalue weighted by atomic mass is 10.8. The van der Waals surface area contributed by atoms with Gasteiger partial charge in [0.05, 0.1) is 5.03 Å². The van der Waals surface area contributed by atoms with Gasteiger partial charge in [-0.15, -0.1) is 0 Å². The molecule has 2 nitrogen and oxygen atoms in total. The van der Waals surface area contributed by atoms with E-state index in [0.29, 0.717) is 0 Å². The second-order valence-electron chi connectivity index (χ2n) is 2.76.